The lowest BCUT2D eigenvalue weighted by atomic mass is 10.00. The van der Waals surface area contributed by atoms with Gasteiger partial charge in [-0.1, -0.05) is 12.1 Å². The SMILES string of the molecule is COc1ncccc1C(N)c1ccc(F)cc1F. The number of nitrogens with two attached hydrogens (primary N) is 1. The fraction of sp³-hybridized carbons (Fsp3) is 0.154. The second-order valence-electron chi connectivity index (χ2n) is 3.75. The molecule has 2 rings (SSSR count). The fourth-order valence-electron chi connectivity index (χ4n) is 1.73. The molecule has 1 aromatic heterocycles. The summed E-state index contributed by atoms with van der Waals surface area (Å²) in [6, 6.07) is 5.91. The number of benzene rings is 1. The van der Waals surface area contributed by atoms with Crippen molar-refractivity contribution < 1.29 is 13.5 Å². The maximum Gasteiger partial charge on any atom is 0.218 e. The van der Waals surface area contributed by atoms with Crippen molar-refractivity contribution in [2.24, 2.45) is 5.73 Å². The van der Waals surface area contributed by atoms with Gasteiger partial charge in [-0.15, -0.1) is 0 Å². The molecule has 0 bridgehead atoms. The van der Waals surface area contributed by atoms with E-state index in [0.29, 0.717) is 11.4 Å². The number of pyridine rings is 1. The van der Waals surface area contributed by atoms with E-state index >= 15 is 0 Å². The summed E-state index contributed by atoms with van der Waals surface area (Å²) in [5, 5.41) is 0. The summed E-state index contributed by atoms with van der Waals surface area (Å²) in [5.41, 5.74) is 6.70. The molecule has 0 radical (unpaired) electrons. The second-order valence-corrected chi connectivity index (χ2v) is 3.75. The molecule has 0 spiro atoms. The van der Waals surface area contributed by atoms with Gasteiger partial charge in [-0.25, -0.2) is 13.8 Å². The lowest BCUT2D eigenvalue weighted by Crippen LogP contribution is -2.15. The van der Waals surface area contributed by atoms with Crippen LogP contribution in [-0.2, 0) is 0 Å². The normalized spacial score (nSPS) is 12.2. The number of hydrogen-bond donors (Lipinski definition) is 1. The Kier molecular flexibility index (Phi) is 3.53. The van der Waals surface area contributed by atoms with Crippen LogP contribution in [-0.4, -0.2) is 12.1 Å². The lowest BCUT2D eigenvalue weighted by Gasteiger charge is -2.15. The lowest BCUT2D eigenvalue weighted by molar-refractivity contribution is 0.390. The number of rotatable bonds is 3. The molecule has 0 aliphatic rings. The Morgan fingerprint density at radius 3 is 2.67 bits per heavy atom. The molecule has 1 aromatic carbocycles. The second kappa shape index (κ2) is 5.10. The molecule has 2 N–H and O–H groups in total. The molecule has 3 nitrogen and oxygen atoms in total. The van der Waals surface area contributed by atoms with Gasteiger partial charge in [0.25, 0.3) is 0 Å². The summed E-state index contributed by atoms with van der Waals surface area (Å²) < 4.78 is 31.5. The van der Waals surface area contributed by atoms with E-state index in [2.05, 4.69) is 4.98 Å². The van der Waals surface area contributed by atoms with Gasteiger partial charge in [0.15, 0.2) is 0 Å². The van der Waals surface area contributed by atoms with Crippen molar-refractivity contribution in [3.8, 4) is 5.88 Å². The van der Waals surface area contributed by atoms with Crippen molar-refractivity contribution in [1.82, 2.24) is 4.98 Å². The van der Waals surface area contributed by atoms with Crippen LogP contribution in [0.2, 0.25) is 0 Å². The van der Waals surface area contributed by atoms with Crippen LogP contribution < -0.4 is 10.5 Å². The maximum absolute atomic E-state index is 13.6. The van der Waals surface area contributed by atoms with E-state index in [1.54, 1.807) is 18.3 Å². The summed E-state index contributed by atoms with van der Waals surface area (Å²) >= 11 is 0. The molecule has 1 unspecified atom stereocenters. The molecular weight excluding hydrogens is 238 g/mol. The third kappa shape index (κ3) is 2.31. The molecule has 5 heteroatoms. The molecular formula is C13H12F2N2O. The van der Waals surface area contributed by atoms with Crippen molar-refractivity contribution in [3.63, 3.8) is 0 Å². The molecule has 0 saturated heterocycles. The van der Waals surface area contributed by atoms with Crippen molar-refractivity contribution in [1.29, 1.82) is 0 Å². The zero-order valence-electron chi connectivity index (χ0n) is 9.73. The standard InChI is InChI=1S/C13H12F2N2O/c1-18-13-10(3-2-6-17-13)12(16)9-5-4-8(14)7-11(9)15/h2-7,12H,16H2,1H3. The van der Waals surface area contributed by atoms with E-state index in [-0.39, 0.29) is 5.56 Å². The van der Waals surface area contributed by atoms with Crippen LogP contribution in [0.25, 0.3) is 0 Å². The zero-order chi connectivity index (χ0) is 13.1. The van der Waals surface area contributed by atoms with Gasteiger partial charge in [-0.3, -0.25) is 0 Å². The molecule has 0 aliphatic carbocycles. The molecule has 2 aromatic rings. The van der Waals surface area contributed by atoms with Gasteiger partial charge in [-0.05, 0) is 12.1 Å². The van der Waals surface area contributed by atoms with E-state index in [1.165, 1.54) is 19.2 Å². The van der Waals surface area contributed by atoms with E-state index in [4.69, 9.17) is 10.5 Å². The summed E-state index contributed by atoms with van der Waals surface area (Å²) in [6.07, 6.45) is 1.55. The topological polar surface area (TPSA) is 48.1 Å². The minimum atomic E-state index is -0.755. The van der Waals surface area contributed by atoms with E-state index in [1.807, 2.05) is 0 Å². The van der Waals surface area contributed by atoms with E-state index in [0.717, 1.165) is 6.07 Å². The summed E-state index contributed by atoms with van der Waals surface area (Å²) in [5.74, 6) is -0.997. The van der Waals surface area contributed by atoms with Crippen LogP contribution >= 0.6 is 0 Å². The molecule has 0 amide bonds. The first kappa shape index (κ1) is 12.4. The van der Waals surface area contributed by atoms with Gasteiger partial charge < -0.3 is 10.5 Å². The molecule has 94 valence electrons. The third-order valence-corrected chi connectivity index (χ3v) is 2.63. The van der Waals surface area contributed by atoms with E-state index in [9.17, 15) is 8.78 Å². The fourth-order valence-corrected chi connectivity index (χ4v) is 1.73. The first-order valence-electron chi connectivity index (χ1n) is 5.33. The van der Waals surface area contributed by atoms with Crippen molar-refractivity contribution in [2.45, 2.75) is 6.04 Å². The number of ether oxygens (including phenoxy) is 1. The summed E-state index contributed by atoms with van der Waals surface area (Å²) in [7, 11) is 1.46. The monoisotopic (exact) mass is 250 g/mol. The minimum absolute atomic E-state index is 0.197. The smallest absolute Gasteiger partial charge is 0.218 e. The van der Waals surface area contributed by atoms with Crippen molar-refractivity contribution in [2.75, 3.05) is 7.11 Å². The summed E-state index contributed by atoms with van der Waals surface area (Å²) in [6.45, 7) is 0. The number of aromatic nitrogens is 1. The van der Waals surface area contributed by atoms with Crippen LogP contribution in [0.5, 0.6) is 5.88 Å². The zero-order valence-corrected chi connectivity index (χ0v) is 9.73. The number of hydrogen-bond acceptors (Lipinski definition) is 3. The van der Waals surface area contributed by atoms with Gasteiger partial charge in [0, 0.05) is 23.4 Å². The van der Waals surface area contributed by atoms with Crippen molar-refractivity contribution in [3.05, 3.63) is 59.3 Å². The van der Waals surface area contributed by atoms with Gasteiger partial charge in [0.2, 0.25) is 5.88 Å². The Balaban J connectivity index is 2.44. The van der Waals surface area contributed by atoms with Gasteiger partial charge in [0.05, 0.1) is 13.2 Å². The van der Waals surface area contributed by atoms with Crippen LogP contribution in [0.1, 0.15) is 17.2 Å². The van der Waals surface area contributed by atoms with Crippen LogP contribution in [0.3, 0.4) is 0 Å². The van der Waals surface area contributed by atoms with Crippen LogP contribution in [0.15, 0.2) is 36.5 Å². The van der Waals surface area contributed by atoms with Gasteiger partial charge in [0.1, 0.15) is 11.6 Å². The highest BCUT2D eigenvalue weighted by atomic mass is 19.1. The number of halogens is 2. The Bertz CT molecular complexity index is 560. The highest BCUT2D eigenvalue weighted by Crippen LogP contribution is 2.27. The van der Waals surface area contributed by atoms with Gasteiger partial charge in [-0.2, -0.15) is 0 Å². The predicted octanol–water partition coefficient (Wildman–Crippen LogP) is 2.42. The Labute approximate surface area is 103 Å². The predicted molar refractivity (Wildman–Crippen MR) is 63.2 cm³/mol. The molecule has 18 heavy (non-hydrogen) atoms. The average Bonchev–Trinajstić information content (AvgIpc) is 2.38. The molecule has 0 fully saturated rings. The molecule has 1 atom stereocenters. The van der Waals surface area contributed by atoms with Crippen molar-refractivity contribution >= 4 is 0 Å². The van der Waals surface area contributed by atoms with Crippen LogP contribution in [0, 0.1) is 11.6 Å². The largest absolute Gasteiger partial charge is 0.481 e. The Morgan fingerprint density at radius 2 is 2.00 bits per heavy atom. The first-order chi connectivity index (χ1) is 8.63. The Morgan fingerprint density at radius 1 is 1.22 bits per heavy atom. The number of methoxy groups -OCH3 is 1. The van der Waals surface area contributed by atoms with Crippen LogP contribution in [0.4, 0.5) is 8.78 Å². The van der Waals surface area contributed by atoms with Gasteiger partial charge >= 0.3 is 0 Å². The molecule has 0 aliphatic heterocycles. The first-order valence-corrected chi connectivity index (χ1v) is 5.33. The maximum atomic E-state index is 13.6. The highest BCUT2D eigenvalue weighted by Gasteiger charge is 2.18. The van der Waals surface area contributed by atoms with E-state index < -0.39 is 17.7 Å². The summed E-state index contributed by atoms with van der Waals surface area (Å²) in [4.78, 5) is 3.99. The number of nitrogens with zero attached hydrogens (tertiary/aromatic N) is 1. The third-order valence-electron chi connectivity index (χ3n) is 2.63. The molecule has 1 heterocycles. The highest BCUT2D eigenvalue weighted by molar-refractivity contribution is 5.37. The quantitative estimate of drug-likeness (QED) is 0.910. The minimum Gasteiger partial charge on any atom is -0.481 e. The average molecular weight is 250 g/mol. The Hall–Kier alpha value is -2.01. The molecule has 0 saturated carbocycles.